The van der Waals surface area contributed by atoms with Crippen molar-refractivity contribution < 1.29 is 28.3 Å². The lowest BCUT2D eigenvalue weighted by molar-refractivity contribution is -0.146. The Morgan fingerprint density at radius 2 is 2.03 bits per heavy atom. The summed E-state index contributed by atoms with van der Waals surface area (Å²) in [4.78, 5) is 28.2. The minimum atomic E-state index is -4.06. The molecule has 0 aliphatic carbocycles. The zero-order valence-electron chi connectivity index (χ0n) is 19.8. The number of para-hydroxylation sites is 1. The van der Waals surface area contributed by atoms with Crippen LogP contribution in [0.2, 0.25) is 0 Å². The fourth-order valence-electron chi connectivity index (χ4n) is 3.23. The number of anilines is 1. The van der Waals surface area contributed by atoms with Crippen LogP contribution in [0.25, 0.3) is 0 Å². The smallest absolute Gasteiger partial charge is 0.459 e. The van der Waals surface area contributed by atoms with Crippen LogP contribution < -0.4 is 21.0 Å². The number of nitrogens with two attached hydrogens (primary N) is 1. The number of esters is 1. The van der Waals surface area contributed by atoms with Crippen molar-refractivity contribution >= 4 is 31.3 Å². The normalized spacial score (nSPS) is 22.5. The highest BCUT2D eigenvalue weighted by Crippen LogP contribution is 2.48. The first-order chi connectivity index (χ1) is 16.6. The third-order valence-electron chi connectivity index (χ3n) is 5.01. The van der Waals surface area contributed by atoms with Gasteiger partial charge in [0.1, 0.15) is 17.6 Å². The quantitative estimate of drug-likeness (QED) is 0.292. The Morgan fingerprint density at radius 1 is 1.31 bits per heavy atom. The molecule has 0 radical (unpaired) electrons. The van der Waals surface area contributed by atoms with Gasteiger partial charge in [-0.05, 0) is 31.0 Å². The van der Waals surface area contributed by atoms with Crippen molar-refractivity contribution in [2.75, 3.05) is 18.9 Å². The molecule has 192 valence electrons. The molecule has 4 N–H and O–H groups in total. The van der Waals surface area contributed by atoms with Gasteiger partial charge in [0.15, 0.2) is 0 Å². The van der Waals surface area contributed by atoms with Gasteiger partial charge in [0, 0.05) is 12.6 Å². The largest absolute Gasteiger partial charge is 0.464 e. The molecule has 1 fully saturated rings. The van der Waals surface area contributed by atoms with E-state index in [2.05, 4.69) is 10.1 Å². The Bertz CT molecular complexity index is 1100. The van der Waals surface area contributed by atoms with Gasteiger partial charge in [-0.3, -0.25) is 13.9 Å². The molecule has 1 aromatic heterocycles. The van der Waals surface area contributed by atoms with E-state index in [-0.39, 0.29) is 37.1 Å². The number of carbonyl (C=O) groups excluding carboxylic acids is 1. The summed E-state index contributed by atoms with van der Waals surface area (Å²) in [7, 11) is -4.06. The maximum atomic E-state index is 13.6. The highest BCUT2D eigenvalue weighted by atomic mass is 32.2. The van der Waals surface area contributed by atoms with E-state index in [0.29, 0.717) is 0 Å². The summed E-state index contributed by atoms with van der Waals surface area (Å²) in [5.41, 5.74) is 5.03. The monoisotopic (exact) mass is 526 g/mol. The molecule has 11 nitrogen and oxygen atoms in total. The number of thioether (sulfide) groups is 1. The maximum absolute atomic E-state index is 13.6. The average Bonchev–Trinajstić information content (AvgIpc) is 3.16. The Labute approximate surface area is 208 Å². The molecule has 1 saturated heterocycles. The molecule has 1 aliphatic heterocycles. The zero-order chi connectivity index (χ0) is 25.6. The SMILES string of the molecule is CC(C)COC(=O)[C@H](C)NP(=O)(OC[C@H]1S[C@@H](n2ccc(N)nc2=O)CC1O)Oc1ccccc1. The summed E-state index contributed by atoms with van der Waals surface area (Å²) in [6.07, 6.45) is 0.945. The van der Waals surface area contributed by atoms with Gasteiger partial charge in [-0.2, -0.15) is 10.1 Å². The summed E-state index contributed by atoms with van der Waals surface area (Å²) in [6.45, 7) is 5.38. The lowest BCUT2D eigenvalue weighted by atomic mass is 10.2. The molecular weight excluding hydrogens is 495 g/mol. The summed E-state index contributed by atoms with van der Waals surface area (Å²) in [6, 6.07) is 8.93. The molecule has 1 aliphatic rings. The van der Waals surface area contributed by atoms with Gasteiger partial charge in [0.25, 0.3) is 0 Å². The van der Waals surface area contributed by atoms with Gasteiger partial charge >= 0.3 is 19.4 Å². The van der Waals surface area contributed by atoms with E-state index in [1.165, 1.54) is 35.5 Å². The van der Waals surface area contributed by atoms with Crippen LogP contribution >= 0.6 is 19.5 Å². The van der Waals surface area contributed by atoms with Crippen LogP contribution in [0.3, 0.4) is 0 Å². The van der Waals surface area contributed by atoms with Crippen LogP contribution in [-0.4, -0.2) is 51.2 Å². The first kappa shape index (κ1) is 27.2. The van der Waals surface area contributed by atoms with E-state index in [1.54, 1.807) is 30.3 Å². The summed E-state index contributed by atoms with van der Waals surface area (Å²) in [5, 5.41) is 12.3. The lowest BCUT2D eigenvalue weighted by Crippen LogP contribution is -2.36. The van der Waals surface area contributed by atoms with Crippen LogP contribution in [0.15, 0.2) is 47.4 Å². The first-order valence-corrected chi connectivity index (χ1v) is 13.7. The number of aromatic nitrogens is 2. The van der Waals surface area contributed by atoms with Crippen molar-refractivity contribution in [1.29, 1.82) is 0 Å². The van der Waals surface area contributed by atoms with Gasteiger partial charge < -0.3 is 20.1 Å². The Kier molecular flexibility index (Phi) is 9.37. The van der Waals surface area contributed by atoms with Crippen molar-refractivity contribution in [3.8, 4) is 5.75 Å². The number of hydrogen-bond donors (Lipinski definition) is 3. The van der Waals surface area contributed by atoms with Gasteiger partial charge in [0.05, 0.1) is 29.9 Å². The first-order valence-electron chi connectivity index (χ1n) is 11.2. The molecular formula is C22H31N4O7PS. The molecule has 5 atom stereocenters. The number of nitrogens with one attached hydrogen (secondary N) is 1. The van der Waals surface area contributed by atoms with Gasteiger partial charge in [0.2, 0.25) is 0 Å². The molecule has 0 bridgehead atoms. The van der Waals surface area contributed by atoms with E-state index >= 15 is 0 Å². The minimum Gasteiger partial charge on any atom is -0.464 e. The van der Waals surface area contributed by atoms with Crippen molar-refractivity contribution in [3.05, 3.63) is 53.1 Å². The molecule has 13 heteroatoms. The van der Waals surface area contributed by atoms with Crippen molar-refractivity contribution in [2.45, 2.75) is 50.0 Å². The van der Waals surface area contributed by atoms with Crippen LogP contribution in [0.1, 0.15) is 32.6 Å². The minimum absolute atomic E-state index is 0.112. The fraction of sp³-hybridized carbons (Fsp3) is 0.500. The number of rotatable bonds is 11. The van der Waals surface area contributed by atoms with Crippen LogP contribution in [0.5, 0.6) is 5.75 Å². The number of carbonyl (C=O) groups is 1. The molecule has 0 saturated carbocycles. The Balaban J connectivity index is 1.69. The predicted octanol–water partition coefficient (Wildman–Crippen LogP) is 2.57. The molecule has 3 rings (SSSR count). The predicted molar refractivity (Wildman–Crippen MR) is 133 cm³/mol. The second-order valence-corrected chi connectivity index (χ2v) is 11.7. The number of aliphatic hydroxyl groups excluding tert-OH is 1. The number of nitrogen functional groups attached to an aromatic ring is 1. The number of aliphatic hydroxyl groups is 1. The standard InChI is InChI=1S/C22H31N4O7PS/c1-14(2)12-31-21(28)15(3)25-34(30,33-16-7-5-4-6-8-16)32-13-18-17(27)11-20(35-18)26-10-9-19(23)24-22(26)29/h4-10,14-15,17-18,20,27H,11-13H2,1-3H3,(H,25,30)(H2,23,24,29)/t15-,17?,18+,20+,34?/m0/s1. The molecule has 2 aromatic rings. The van der Waals surface area contributed by atoms with Crippen molar-refractivity contribution in [3.63, 3.8) is 0 Å². The molecule has 2 heterocycles. The Hall–Kier alpha value is -2.37. The van der Waals surface area contributed by atoms with Gasteiger partial charge in [-0.15, -0.1) is 11.8 Å². The third-order valence-corrected chi connectivity index (χ3v) is 8.19. The number of benzene rings is 1. The number of ether oxygens (including phenoxy) is 1. The highest BCUT2D eigenvalue weighted by molar-refractivity contribution is 8.00. The van der Waals surface area contributed by atoms with E-state index in [4.69, 9.17) is 19.5 Å². The fourth-order valence-corrected chi connectivity index (χ4v) is 6.29. The lowest BCUT2D eigenvalue weighted by Gasteiger charge is -2.24. The van der Waals surface area contributed by atoms with Crippen molar-refractivity contribution in [1.82, 2.24) is 14.6 Å². The van der Waals surface area contributed by atoms with Crippen LogP contribution in [0.4, 0.5) is 5.82 Å². The van der Waals surface area contributed by atoms with E-state index < -0.39 is 42.2 Å². The molecule has 0 spiro atoms. The van der Waals surface area contributed by atoms with Gasteiger partial charge in [-0.25, -0.2) is 9.36 Å². The maximum Gasteiger partial charge on any atom is 0.459 e. The average molecular weight is 527 g/mol. The second-order valence-electron chi connectivity index (χ2n) is 8.55. The number of nitrogens with zero attached hydrogens (tertiary/aromatic N) is 2. The van der Waals surface area contributed by atoms with Crippen molar-refractivity contribution in [2.24, 2.45) is 5.92 Å². The highest BCUT2D eigenvalue weighted by Gasteiger charge is 2.39. The summed E-state index contributed by atoms with van der Waals surface area (Å²) < 4.78 is 31.5. The van der Waals surface area contributed by atoms with E-state index in [9.17, 15) is 19.3 Å². The summed E-state index contributed by atoms with van der Waals surface area (Å²) in [5.74, 6) is -0.0546. The zero-order valence-corrected chi connectivity index (χ0v) is 21.5. The topological polar surface area (TPSA) is 155 Å². The van der Waals surface area contributed by atoms with E-state index in [1.807, 2.05) is 13.8 Å². The number of hydrogen-bond acceptors (Lipinski definition) is 10. The molecule has 0 amide bonds. The van der Waals surface area contributed by atoms with Crippen LogP contribution in [0, 0.1) is 5.92 Å². The Morgan fingerprint density at radius 3 is 2.69 bits per heavy atom. The second kappa shape index (κ2) is 12.0. The molecule has 35 heavy (non-hydrogen) atoms. The van der Waals surface area contributed by atoms with Crippen LogP contribution in [-0.2, 0) is 18.6 Å². The third kappa shape index (κ3) is 7.81. The summed E-state index contributed by atoms with van der Waals surface area (Å²) >= 11 is 1.29. The molecule has 2 unspecified atom stereocenters. The van der Waals surface area contributed by atoms with Gasteiger partial charge in [-0.1, -0.05) is 32.0 Å². The van der Waals surface area contributed by atoms with E-state index in [0.717, 1.165) is 0 Å². The molecule has 1 aromatic carbocycles.